The molecular weight excluding hydrogens is 330 g/mol. The summed E-state index contributed by atoms with van der Waals surface area (Å²) in [5, 5.41) is 3.27. The lowest BCUT2D eigenvalue weighted by molar-refractivity contribution is 0.0774. The molecule has 4 nitrogen and oxygen atoms in total. The number of halogens is 1. The first-order valence-electron chi connectivity index (χ1n) is 7.89. The van der Waals surface area contributed by atoms with Crippen LogP contribution in [0.2, 0.25) is 5.02 Å². The second-order valence-electron chi connectivity index (χ2n) is 6.39. The average molecular weight is 348 g/mol. The molecule has 6 heteroatoms. The summed E-state index contributed by atoms with van der Waals surface area (Å²) in [6.07, 6.45) is 2.22. The first-order valence-corrected chi connectivity index (χ1v) is 9.14. The number of benzene rings is 1. The van der Waals surface area contributed by atoms with E-state index in [9.17, 15) is 4.79 Å². The smallest absolute Gasteiger partial charge is 0.273 e. The summed E-state index contributed by atoms with van der Waals surface area (Å²) >= 11 is 7.67. The number of thiazole rings is 1. The molecule has 3 atom stereocenters. The molecular formula is C17H18ClN3OS. The Morgan fingerprint density at radius 1 is 1.30 bits per heavy atom. The van der Waals surface area contributed by atoms with Gasteiger partial charge in [0.25, 0.3) is 5.91 Å². The molecule has 23 heavy (non-hydrogen) atoms. The van der Waals surface area contributed by atoms with Crippen molar-refractivity contribution in [2.75, 3.05) is 13.1 Å². The fraction of sp³-hybridized carbons (Fsp3) is 0.412. The van der Waals surface area contributed by atoms with E-state index < -0.39 is 0 Å². The van der Waals surface area contributed by atoms with Crippen LogP contribution in [-0.2, 0) is 0 Å². The van der Waals surface area contributed by atoms with Gasteiger partial charge in [-0.15, -0.1) is 11.3 Å². The first kappa shape index (κ1) is 15.1. The number of hydrogen-bond acceptors (Lipinski definition) is 4. The van der Waals surface area contributed by atoms with E-state index >= 15 is 0 Å². The SMILES string of the molecule is NC1CCC2CN(C(=O)c3csc(-c4ccccc4Cl)n3)CC12. The number of hydrogen-bond donors (Lipinski definition) is 1. The normalized spacial score (nSPS) is 26.5. The molecule has 120 valence electrons. The lowest BCUT2D eigenvalue weighted by Crippen LogP contribution is -2.33. The Morgan fingerprint density at radius 2 is 2.13 bits per heavy atom. The van der Waals surface area contributed by atoms with Gasteiger partial charge in [0.05, 0.1) is 5.02 Å². The quantitative estimate of drug-likeness (QED) is 0.907. The molecule has 4 rings (SSSR count). The summed E-state index contributed by atoms with van der Waals surface area (Å²) in [5.41, 5.74) is 7.54. The highest BCUT2D eigenvalue weighted by atomic mass is 35.5. The van der Waals surface area contributed by atoms with E-state index in [1.165, 1.54) is 11.3 Å². The Labute approximate surface area is 144 Å². The molecule has 2 N–H and O–H groups in total. The molecule has 2 aliphatic rings. The van der Waals surface area contributed by atoms with Gasteiger partial charge in [0, 0.05) is 30.1 Å². The Hall–Kier alpha value is -1.43. The maximum Gasteiger partial charge on any atom is 0.273 e. The molecule has 2 fully saturated rings. The summed E-state index contributed by atoms with van der Waals surface area (Å²) in [6, 6.07) is 7.81. The predicted molar refractivity (Wildman–Crippen MR) is 92.7 cm³/mol. The minimum absolute atomic E-state index is 0.0150. The number of carbonyl (C=O) groups is 1. The molecule has 1 aromatic carbocycles. The zero-order valence-electron chi connectivity index (χ0n) is 12.6. The number of likely N-dealkylation sites (tertiary alicyclic amines) is 1. The minimum Gasteiger partial charge on any atom is -0.337 e. The molecule has 1 saturated heterocycles. The Kier molecular flexibility index (Phi) is 3.87. The molecule has 1 aliphatic carbocycles. The van der Waals surface area contributed by atoms with Gasteiger partial charge in [-0.05, 0) is 30.7 Å². The van der Waals surface area contributed by atoms with E-state index in [2.05, 4.69) is 4.98 Å². The number of carbonyl (C=O) groups excluding carboxylic acids is 1. The number of aromatic nitrogens is 1. The third kappa shape index (κ3) is 2.67. The minimum atomic E-state index is 0.0150. The summed E-state index contributed by atoms with van der Waals surface area (Å²) in [7, 11) is 0. The molecule has 1 aromatic heterocycles. The van der Waals surface area contributed by atoms with E-state index in [0.717, 1.165) is 36.5 Å². The van der Waals surface area contributed by atoms with Crippen molar-refractivity contribution in [3.8, 4) is 10.6 Å². The third-order valence-electron chi connectivity index (χ3n) is 5.03. The van der Waals surface area contributed by atoms with Crippen LogP contribution in [0.4, 0.5) is 0 Å². The van der Waals surface area contributed by atoms with Crippen molar-refractivity contribution in [3.05, 3.63) is 40.4 Å². The van der Waals surface area contributed by atoms with Crippen molar-refractivity contribution in [3.63, 3.8) is 0 Å². The molecule has 0 bridgehead atoms. The molecule has 0 radical (unpaired) electrons. The van der Waals surface area contributed by atoms with Crippen molar-refractivity contribution in [1.82, 2.24) is 9.88 Å². The summed E-state index contributed by atoms with van der Waals surface area (Å²) in [4.78, 5) is 19.1. The number of amides is 1. The lowest BCUT2D eigenvalue weighted by Gasteiger charge is -2.17. The Balaban J connectivity index is 1.53. The topological polar surface area (TPSA) is 59.2 Å². The van der Waals surface area contributed by atoms with Gasteiger partial charge in [-0.1, -0.05) is 29.8 Å². The van der Waals surface area contributed by atoms with Crippen LogP contribution < -0.4 is 5.73 Å². The number of fused-ring (bicyclic) bond motifs is 1. The van der Waals surface area contributed by atoms with Crippen molar-refractivity contribution in [1.29, 1.82) is 0 Å². The summed E-state index contributed by atoms with van der Waals surface area (Å²) < 4.78 is 0. The van der Waals surface area contributed by atoms with Crippen LogP contribution >= 0.6 is 22.9 Å². The maximum absolute atomic E-state index is 12.7. The third-order valence-corrected chi connectivity index (χ3v) is 6.23. The highest BCUT2D eigenvalue weighted by molar-refractivity contribution is 7.13. The molecule has 2 aromatic rings. The molecule has 1 saturated carbocycles. The van der Waals surface area contributed by atoms with Crippen molar-refractivity contribution in [2.45, 2.75) is 18.9 Å². The second-order valence-corrected chi connectivity index (χ2v) is 7.66. The van der Waals surface area contributed by atoms with Crippen LogP contribution in [0.15, 0.2) is 29.6 Å². The number of nitrogens with two attached hydrogens (primary N) is 1. The zero-order valence-corrected chi connectivity index (χ0v) is 14.2. The van der Waals surface area contributed by atoms with Gasteiger partial charge in [-0.2, -0.15) is 0 Å². The van der Waals surface area contributed by atoms with Crippen LogP contribution in [0.25, 0.3) is 10.6 Å². The predicted octanol–water partition coefficient (Wildman–Crippen LogP) is 3.27. The van der Waals surface area contributed by atoms with Crippen molar-refractivity contribution < 1.29 is 4.79 Å². The molecule has 1 aliphatic heterocycles. The van der Waals surface area contributed by atoms with Gasteiger partial charge in [0.2, 0.25) is 0 Å². The number of nitrogens with zero attached hydrogens (tertiary/aromatic N) is 2. The Morgan fingerprint density at radius 3 is 2.91 bits per heavy atom. The molecule has 2 heterocycles. The van der Waals surface area contributed by atoms with Gasteiger partial charge in [-0.25, -0.2) is 4.98 Å². The van der Waals surface area contributed by atoms with Crippen molar-refractivity contribution in [2.24, 2.45) is 17.6 Å². The van der Waals surface area contributed by atoms with Crippen LogP contribution in [0.5, 0.6) is 0 Å². The van der Waals surface area contributed by atoms with E-state index in [1.807, 2.05) is 34.5 Å². The fourth-order valence-electron chi connectivity index (χ4n) is 3.77. The van der Waals surface area contributed by atoms with Gasteiger partial charge < -0.3 is 10.6 Å². The molecule has 3 unspecified atom stereocenters. The van der Waals surface area contributed by atoms with Crippen LogP contribution in [-0.4, -0.2) is 34.9 Å². The van der Waals surface area contributed by atoms with Gasteiger partial charge in [0.15, 0.2) is 0 Å². The Bertz CT molecular complexity index is 747. The fourth-order valence-corrected chi connectivity index (χ4v) is 4.88. The van der Waals surface area contributed by atoms with E-state index in [1.54, 1.807) is 0 Å². The average Bonchev–Trinajstić information content (AvgIpc) is 3.25. The lowest BCUT2D eigenvalue weighted by atomic mass is 9.98. The van der Waals surface area contributed by atoms with E-state index in [-0.39, 0.29) is 11.9 Å². The summed E-state index contributed by atoms with van der Waals surface area (Å²) in [5.74, 6) is 1.04. The maximum atomic E-state index is 12.7. The van der Waals surface area contributed by atoms with Gasteiger partial charge in [0.1, 0.15) is 10.7 Å². The molecule has 0 spiro atoms. The van der Waals surface area contributed by atoms with E-state index in [0.29, 0.717) is 22.6 Å². The van der Waals surface area contributed by atoms with Crippen LogP contribution in [0, 0.1) is 11.8 Å². The zero-order chi connectivity index (χ0) is 16.0. The standard InChI is InChI=1S/C17H18ClN3OS/c18-13-4-2-1-3-11(13)16-20-15(9-23-16)17(22)21-7-10-5-6-14(19)12(10)8-21/h1-4,9-10,12,14H,5-8,19H2. The largest absolute Gasteiger partial charge is 0.337 e. The number of rotatable bonds is 2. The molecule has 1 amide bonds. The highest BCUT2D eigenvalue weighted by Gasteiger charge is 2.42. The highest BCUT2D eigenvalue weighted by Crippen LogP contribution is 2.38. The van der Waals surface area contributed by atoms with Gasteiger partial charge >= 0.3 is 0 Å². The van der Waals surface area contributed by atoms with Crippen LogP contribution in [0.3, 0.4) is 0 Å². The van der Waals surface area contributed by atoms with E-state index in [4.69, 9.17) is 17.3 Å². The summed E-state index contributed by atoms with van der Waals surface area (Å²) in [6.45, 7) is 1.58. The van der Waals surface area contributed by atoms with Crippen LogP contribution in [0.1, 0.15) is 23.3 Å². The monoisotopic (exact) mass is 347 g/mol. The second kappa shape index (κ2) is 5.89. The van der Waals surface area contributed by atoms with Gasteiger partial charge in [-0.3, -0.25) is 4.79 Å². The first-order chi connectivity index (χ1) is 11.1. The van der Waals surface area contributed by atoms with Crippen molar-refractivity contribution >= 4 is 28.8 Å².